The molecule has 6 nitrogen and oxygen atoms in total. The summed E-state index contributed by atoms with van der Waals surface area (Å²) in [5.74, 6) is 0.632. The van der Waals surface area contributed by atoms with E-state index in [9.17, 15) is 9.59 Å². The van der Waals surface area contributed by atoms with Crippen LogP contribution in [0.4, 0.5) is 5.82 Å². The average Bonchev–Trinajstić information content (AvgIpc) is 2.84. The summed E-state index contributed by atoms with van der Waals surface area (Å²) in [6.45, 7) is 4.68. The number of rotatable bonds is 4. The first-order valence-electron chi connectivity index (χ1n) is 8.45. The van der Waals surface area contributed by atoms with Crippen LogP contribution in [0.1, 0.15) is 12.0 Å². The SMILES string of the molecule is Cn1c(=O)cc(N2CCCN(CCc3ccccc3)CC2)[nH]c1=O. The van der Waals surface area contributed by atoms with Gasteiger partial charge in [-0.25, -0.2) is 4.79 Å². The standard InChI is InChI=1S/C18H24N4O2/c1-20-17(23)14-16(19-18(20)24)22-10-5-9-21(12-13-22)11-8-15-6-3-2-4-7-15/h2-4,6-7,14H,5,8-13H2,1H3,(H,19,24). The molecule has 3 rings (SSSR count). The molecule has 0 unspecified atom stereocenters. The van der Waals surface area contributed by atoms with E-state index in [0.717, 1.165) is 50.1 Å². The third-order valence-corrected chi connectivity index (χ3v) is 4.62. The third-order valence-electron chi connectivity index (χ3n) is 4.62. The van der Waals surface area contributed by atoms with Crippen LogP contribution in [-0.4, -0.2) is 47.2 Å². The van der Waals surface area contributed by atoms with Crippen molar-refractivity contribution in [3.05, 3.63) is 62.8 Å². The molecule has 0 saturated carbocycles. The van der Waals surface area contributed by atoms with Gasteiger partial charge in [-0.05, 0) is 24.9 Å². The van der Waals surface area contributed by atoms with Gasteiger partial charge in [0.05, 0.1) is 0 Å². The van der Waals surface area contributed by atoms with Gasteiger partial charge in [-0.1, -0.05) is 30.3 Å². The van der Waals surface area contributed by atoms with Crippen LogP contribution >= 0.6 is 0 Å². The van der Waals surface area contributed by atoms with E-state index in [1.165, 1.54) is 18.7 Å². The minimum atomic E-state index is -0.359. The summed E-state index contributed by atoms with van der Waals surface area (Å²) in [4.78, 5) is 31.0. The molecule has 0 atom stereocenters. The Hall–Kier alpha value is -2.34. The lowest BCUT2D eigenvalue weighted by Crippen LogP contribution is -2.37. The monoisotopic (exact) mass is 328 g/mol. The number of nitrogens with zero attached hydrogens (tertiary/aromatic N) is 3. The highest BCUT2D eigenvalue weighted by atomic mass is 16.2. The Bertz CT molecular complexity index is 750. The normalized spacial score (nSPS) is 16.1. The number of aromatic amines is 1. The molecular weight excluding hydrogens is 304 g/mol. The summed E-state index contributed by atoms with van der Waals surface area (Å²) in [5, 5.41) is 0. The van der Waals surface area contributed by atoms with Crippen LogP contribution in [0.5, 0.6) is 0 Å². The maximum Gasteiger partial charge on any atom is 0.329 e. The van der Waals surface area contributed by atoms with Crippen molar-refractivity contribution < 1.29 is 0 Å². The van der Waals surface area contributed by atoms with Crippen molar-refractivity contribution in [2.24, 2.45) is 7.05 Å². The maximum atomic E-state index is 11.8. The van der Waals surface area contributed by atoms with Gasteiger partial charge in [0.15, 0.2) is 0 Å². The van der Waals surface area contributed by atoms with Gasteiger partial charge in [-0.2, -0.15) is 0 Å². The fraction of sp³-hybridized carbons (Fsp3) is 0.444. The van der Waals surface area contributed by atoms with Gasteiger partial charge in [0, 0.05) is 39.3 Å². The molecule has 0 amide bonds. The first kappa shape index (κ1) is 16.5. The van der Waals surface area contributed by atoms with Gasteiger partial charge in [-0.15, -0.1) is 0 Å². The topological polar surface area (TPSA) is 61.3 Å². The number of nitrogens with one attached hydrogen (secondary N) is 1. The van der Waals surface area contributed by atoms with Gasteiger partial charge in [-0.3, -0.25) is 14.3 Å². The smallest absolute Gasteiger partial charge is 0.329 e. The van der Waals surface area contributed by atoms with E-state index < -0.39 is 0 Å². The van der Waals surface area contributed by atoms with E-state index in [0.29, 0.717) is 5.82 Å². The van der Waals surface area contributed by atoms with Gasteiger partial charge >= 0.3 is 5.69 Å². The molecule has 6 heteroatoms. The minimum Gasteiger partial charge on any atom is -0.357 e. The zero-order chi connectivity index (χ0) is 16.9. The van der Waals surface area contributed by atoms with E-state index in [2.05, 4.69) is 39.0 Å². The second kappa shape index (κ2) is 7.49. The Balaban J connectivity index is 1.61. The molecule has 1 aromatic heterocycles. The number of benzene rings is 1. The third kappa shape index (κ3) is 3.94. The van der Waals surface area contributed by atoms with Crippen LogP contribution < -0.4 is 16.1 Å². The summed E-state index contributed by atoms with van der Waals surface area (Å²) in [5.41, 5.74) is 0.733. The van der Waals surface area contributed by atoms with Crippen LogP contribution in [-0.2, 0) is 13.5 Å². The van der Waals surface area contributed by atoms with Crippen LogP contribution in [0.25, 0.3) is 0 Å². The minimum absolute atomic E-state index is 0.265. The summed E-state index contributed by atoms with van der Waals surface area (Å²) in [6.07, 6.45) is 2.07. The van der Waals surface area contributed by atoms with E-state index in [1.807, 2.05) is 6.07 Å². The van der Waals surface area contributed by atoms with Crippen molar-refractivity contribution in [2.75, 3.05) is 37.6 Å². The number of anilines is 1. The maximum absolute atomic E-state index is 11.8. The van der Waals surface area contributed by atoms with E-state index in [1.54, 1.807) is 0 Å². The van der Waals surface area contributed by atoms with Crippen LogP contribution in [0.2, 0.25) is 0 Å². The average molecular weight is 328 g/mol. The van der Waals surface area contributed by atoms with Crippen LogP contribution in [0, 0.1) is 0 Å². The molecule has 0 aliphatic carbocycles. The quantitative estimate of drug-likeness (QED) is 0.903. The molecule has 1 fully saturated rings. The highest BCUT2D eigenvalue weighted by molar-refractivity contribution is 5.36. The van der Waals surface area contributed by atoms with Crippen molar-refractivity contribution in [2.45, 2.75) is 12.8 Å². The van der Waals surface area contributed by atoms with Gasteiger partial charge < -0.3 is 9.80 Å². The largest absolute Gasteiger partial charge is 0.357 e. The van der Waals surface area contributed by atoms with Crippen molar-refractivity contribution in [1.29, 1.82) is 0 Å². The molecule has 0 spiro atoms. The predicted octanol–water partition coefficient (Wildman–Crippen LogP) is 0.828. The summed E-state index contributed by atoms with van der Waals surface area (Å²) < 4.78 is 1.09. The zero-order valence-corrected chi connectivity index (χ0v) is 14.1. The molecule has 1 saturated heterocycles. The molecule has 2 heterocycles. The number of hydrogen-bond acceptors (Lipinski definition) is 4. The van der Waals surface area contributed by atoms with Gasteiger partial charge in [0.2, 0.25) is 0 Å². The molecule has 24 heavy (non-hydrogen) atoms. The molecular formula is C18H24N4O2. The van der Waals surface area contributed by atoms with E-state index in [-0.39, 0.29) is 11.2 Å². The number of hydrogen-bond donors (Lipinski definition) is 1. The Morgan fingerprint density at radius 1 is 1.04 bits per heavy atom. The summed E-state index contributed by atoms with van der Waals surface area (Å²) >= 11 is 0. The molecule has 1 N–H and O–H groups in total. The van der Waals surface area contributed by atoms with Crippen molar-refractivity contribution in [3.8, 4) is 0 Å². The second-order valence-corrected chi connectivity index (χ2v) is 6.27. The lowest BCUT2D eigenvalue weighted by Gasteiger charge is -2.23. The van der Waals surface area contributed by atoms with E-state index >= 15 is 0 Å². The molecule has 128 valence electrons. The fourth-order valence-electron chi connectivity index (χ4n) is 3.08. The lowest BCUT2D eigenvalue weighted by molar-refractivity contribution is 0.297. The predicted molar refractivity (Wildman–Crippen MR) is 95.7 cm³/mol. The van der Waals surface area contributed by atoms with Crippen LogP contribution in [0.15, 0.2) is 46.0 Å². The molecule has 1 aromatic carbocycles. The Labute approximate surface area is 141 Å². The second-order valence-electron chi connectivity index (χ2n) is 6.27. The molecule has 1 aliphatic rings. The lowest BCUT2D eigenvalue weighted by atomic mass is 10.1. The zero-order valence-electron chi connectivity index (χ0n) is 14.1. The summed E-state index contributed by atoms with van der Waals surface area (Å²) in [6, 6.07) is 12.0. The van der Waals surface area contributed by atoms with Gasteiger partial charge in [0.1, 0.15) is 5.82 Å². The molecule has 2 aromatic rings. The molecule has 1 aliphatic heterocycles. The van der Waals surface area contributed by atoms with Crippen molar-refractivity contribution >= 4 is 5.82 Å². The fourth-order valence-corrected chi connectivity index (χ4v) is 3.08. The first-order chi connectivity index (χ1) is 11.6. The van der Waals surface area contributed by atoms with E-state index in [4.69, 9.17) is 0 Å². The first-order valence-corrected chi connectivity index (χ1v) is 8.45. The van der Waals surface area contributed by atoms with Crippen molar-refractivity contribution in [1.82, 2.24) is 14.5 Å². The number of aromatic nitrogens is 2. The van der Waals surface area contributed by atoms with Crippen LogP contribution in [0.3, 0.4) is 0 Å². The van der Waals surface area contributed by atoms with Gasteiger partial charge in [0.25, 0.3) is 5.56 Å². The Morgan fingerprint density at radius 2 is 1.83 bits per heavy atom. The highest BCUT2D eigenvalue weighted by Gasteiger charge is 2.16. The van der Waals surface area contributed by atoms with Crippen molar-refractivity contribution in [3.63, 3.8) is 0 Å². The molecule has 0 bridgehead atoms. The number of H-pyrrole nitrogens is 1. The Kier molecular flexibility index (Phi) is 5.15. The molecule has 0 radical (unpaired) electrons. The highest BCUT2D eigenvalue weighted by Crippen LogP contribution is 2.11. The Morgan fingerprint density at radius 3 is 2.58 bits per heavy atom. The summed E-state index contributed by atoms with van der Waals surface area (Å²) in [7, 11) is 1.48.